The molecule has 0 amide bonds. The summed E-state index contributed by atoms with van der Waals surface area (Å²) in [4.78, 5) is 2.53. The Morgan fingerprint density at radius 2 is 1.89 bits per heavy atom. The summed E-state index contributed by atoms with van der Waals surface area (Å²) in [5.74, 6) is 1.33. The van der Waals surface area contributed by atoms with Gasteiger partial charge in [0.1, 0.15) is 0 Å². The van der Waals surface area contributed by atoms with Crippen molar-refractivity contribution < 1.29 is 5.11 Å². The minimum Gasteiger partial charge on any atom is -0.394 e. The third-order valence-electron chi connectivity index (χ3n) is 4.18. The molecule has 0 heterocycles. The van der Waals surface area contributed by atoms with E-state index in [1.165, 1.54) is 12.8 Å². The smallest absolute Gasteiger partial charge is 0.0628 e. The molecule has 3 heteroatoms. The highest BCUT2D eigenvalue weighted by Crippen LogP contribution is 2.40. The summed E-state index contributed by atoms with van der Waals surface area (Å²) in [5.41, 5.74) is -0.0742. The molecule has 1 unspecified atom stereocenters. The molecule has 0 aromatic heterocycles. The Labute approximate surface area is 119 Å². The highest BCUT2D eigenvalue weighted by atomic mass is 16.3. The maximum Gasteiger partial charge on any atom is 0.0628 e. The third-order valence-corrected chi connectivity index (χ3v) is 4.18. The van der Waals surface area contributed by atoms with E-state index in [-0.39, 0.29) is 12.1 Å². The molecule has 1 aliphatic carbocycles. The maximum absolute atomic E-state index is 9.99. The Hall–Kier alpha value is -0.120. The van der Waals surface area contributed by atoms with Crippen molar-refractivity contribution in [3.63, 3.8) is 0 Å². The van der Waals surface area contributed by atoms with Gasteiger partial charge in [-0.15, -0.1) is 0 Å². The van der Waals surface area contributed by atoms with Gasteiger partial charge in [0.25, 0.3) is 0 Å². The van der Waals surface area contributed by atoms with E-state index in [9.17, 15) is 5.11 Å². The number of hydrogen-bond donors (Lipinski definition) is 2. The van der Waals surface area contributed by atoms with E-state index in [1.807, 2.05) is 0 Å². The topological polar surface area (TPSA) is 35.5 Å². The summed E-state index contributed by atoms with van der Waals surface area (Å²) < 4.78 is 0. The Kier molecular flexibility index (Phi) is 6.78. The van der Waals surface area contributed by atoms with Crippen LogP contribution in [0.15, 0.2) is 0 Å². The van der Waals surface area contributed by atoms with Crippen LogP contribution < -0.4 is 5.32 Å². The van der Waals surface area contributed by atoms with Gasteiger partial charge in [-0.1, -0.05) is 20.8 Å². The molecular formula is C16H34N2O. The zero-order valence-corrected chi connectivity index (χ0v) is 13.6. The average molecular weight is 270 g/mol. The molecule has 1 rings (SSSR count). The van der Waals surface area contributed by atoms with Gasteiger partial charge in [-0.25, -0.2) is 0 Å². The van der Waals surface area contributed by atoms with Gasteiger partial charge >= 0.3 is 0 Å². The number of hydrogen-bond acceptors (Lipinski definition) is 3. The molecule has 0 spiro atoms. The molecule has 1 atom stereocenters. The number of nitrogens with one attached hydrogen (secondary N) is 1. The summed E-state index contributed by atoms with van der Waals surface area (Å²) in [6.07, 6.45) is 3.66. The SMILES string of the molecule is CCCNC(CO)(CN(CC(C)C)C(C)C)C1CC1. The van der Waals surface area contributed by atoms with Crippen molar-refractivity contribution in [3.8, 4) is 0 Å². The first-order valence-electron chi connectivity index (χ1n) is 8.05. The van der Waals surface area contributed by atoms with Crippen molar-refractivity contribution in [2.75, 3.05) is 26.2 Å². The van der Waals surface area contributed by atoms with Gasteiger partial charge < -0.3 is 10.4 Å². The molecular weight excluding hydrogens is 236 g/mol. The predicted molar refractivity (Wildman–Crippen MR) is 82.4 cm³/mol. The van der Waals surface area contributed by atoms with Crippen molar-refractivity contribution in [2.24, 2.45) is 11.8 Å². The minimum atomic E-state index is -0.0742. The minimum absolute atomic E-state index is 0.0742. The van der Waals surface area contributed by atoms with Crippen LogP contribution in [0.25, 0.3) is 0 Å². The molecule has 0 aromatic carbocycles. The number of nitrogens with zero attached hydrogens (tertiary/aromatic N) is 1. The van der Waals surface area contributed by atoms with Gasteiger partial charge in [-0.05, 0) is 51.5 Å². The molecule has 0 aliphatic heterocycles. The average Bonchev–Trinajstić information content (AvgIpc) is 3.17. The fraction of sp³-hybridized carbons (Fsp3) is 1.00. The normalized spacial score (nSPS) is 19.4. The first-order chi connectivity index (χ1) is 8.95. The Morgan fingerprint density at radius 3 is 2.26 bits per heavy atom. The van der Waals surface area contributed by atoms with E-state index in [0.29, 0.717) is 17.9 Å². The Bertz CT molecular complexity index is 251. The quantitative estimate of drug-likeness (QED) is 0.640. The second-order valence-electron chi connectivity index (χ2n) is 6.93. The summed E-state index contributed by atoms with van der Waals surface area (Å²) in [7, 11) is 0. The number of rotatable bonds is 10. The maximum atomic E-state index is 9.99. The van der Waals surface area contributed by atoms with Crippen LogP contribution in [0.5, 0.6) is 0 Å². The monoisotopic (exact) mass is 270 g/mol. The molecule has 0 bridgehead atoms. The molecule has 1 saturated carbocycles. The van der Waals surface area contributed by atoms with Gasteiger partial charge in [0, 0.05) is 19.1 Å². The summed E-state index contributed by atoms with van der Waals surface area (Å²) in [6, 6.07) is 0.538. The van der Waals surface area contributed by atoms with E-state index in [0.717, 1.165) is 26.1 Å². The van der Waals surface area contributed by atoms with Crippen LogP contribution in [-0.4, -0.2) is 47.8 Å². The van der Waals surface area contributed by atoms with Crippen molar-refractivity contribution >= 4 is 0 Å². The molecule has 1 aliphatic rings. The van der Waals surface area contributed by atoms with Crippen molar-refractivity contribution in [1.82, 2.24) is 10.2 Å². The molecule has 0 saturated heterocycles. The molecule has 1 fully saturated rings. The summed E-state index contributed by atoms with van der Waals surface area (Å²) in [5, 5.41) is 13.7. The van der Waals surface area contributed by atoms with Crippen molar-refractivity contribution in [1.29, 1.82) is 0 Å². The molecule has 0 aromatic rings. The van der Waals surface area contributed by atoms with Crippen LogP contribution in [0.4, 0.5) is 0 Å². The summed E-state index contributed by atoms with van der Waals surface area (Å²) in [6.45, 7) is 14.6. The lowest BCUT2D eigenvalue weighted by molar-refractivity contribution is 0.0706. The molecule has 0 radical (unpaired) electrons. The Balaban J connectivity index is 2.72. The van der Waals surface area contributed by atoms with Gasteiger partial charge in [0.2, 0.25) is 0 Å². The van der Waals surface area contributed by atoms with E-state index < -0.39 is 0 Å². The molecule has 19 heavy (non-hydrogen) atoms. The zero-order valence-electron chi connectivity index (χ0n) is 13.6. The van der Waals surface area contributed by atoms with Gasteiger partial charge in [0.15, 0.2) is 0 Å². The number of aliphatic hydroxyl groups is 1. The lowest BCUT2D eigenvalue weighted by Crippen LogP contribution is -2.59. The van der Waals surface area contributed by atoms with Crippen molar-refractivity contribution in [3.05, 3.63) is 0 Å². The van der Waals surface area contributed by atoms with E-state index in [2.05, 4.69) is 44.8 Å². The van der Waals surface area contributed by atoms with Gasteiger partial charge in [-0.2, -0.15) is 0 Å². The van der Waals surface area contributed by atoms with E-state index in [4.69, 9.17) is 0 Å². The van der Waals surface area contributed by atoms with Crippen LogP contribution in [0.2, 0.25) is 0 Å². The third kappa shape index (κ3) is 5.05. The second-order valence-corrected chi connectivity index (χ2v) is 6.93. The predicted octanol–water partition coefficient (Wildman–Crippen LogP) is 2.49. The zero-order chi connectivity index (χ0) is 14.5. The highest BCUT2D eigenvalue weighted by molar-refractivity contribution is 5.03. The van der Waals surface area contributed by atoms with Gasteiger partial charge in [-0.3, -0.25) is 4.90 Å². The van der Waals surface area contributed by atoms with Crippen LogP contribution in [0, 0.1) is 11.8 Å². The molecule has 2 N–H and O–H groups in total. The second kappa shape index (κ2) is 7.61. The largest absolute Gasteiger partial charge is 0.394 e. The van der Waals surface area contributed by atoms with Crippen LogP contribution in [-0.2, 0) is 0 Å². The Morgan fingerprint density at radius 1 is 1.26 bits per heavy atom. The van der Waals surface area contributed by atoms with Crippen LogP contribution in [0.3, 0.4) is 0 Å². The van der Waals surface area contributed by atoms with E-state index in [1.54, 1.807) is 0 Å². The fourth-order valence-corrected chi connectivity index (χ4v) is 2.86. The lowest BCUT2D eigenvalue weighted by Gasteiger charge is -2.41. The standard InChI is InChI=1S/C16H34N2O/c1-6-9-17-16(12-19,15-7-8-15)11-18(14(4)5)10-13(2)3/h13-15,17,19H,6-12H2,1-5H3. The first-order valence-corrected chi connectivity index (χ1v) is 8.05. The number of aliphatic hydroxyl groups excluding tert-OH is 1. The first kappa shape index (κ1) is 16.9. The van der Waals surface area contributed by atoms with Gasteiger partial charge in [0.05, 0.1) is 12.1 Å². The van der Waals surface area contributed by atoms with Crippen molar-refractivity contribution in [2.45, 2.75) is 65.5 Å². The highest BCUT2D eigenvalue weighted by Gasteiger charge is 2.45. The molecule has 114 valence electrons. The lowest BCUT2D eigenvalue weighted by atomic mass is 9.92. The van der Waals surface area contributed by atoms with Crippen LogP contribution in [0.1, 0.15) is 53.9 Å². The molecule has 3 nitrogen and oxygen atoms in total. The van der Waals surface area contributed by atoms with Crippen LogP contribution >= 0.6 is 0 Å². The fourth-order valence-electron chi connectivity index (χ4n) is 2.86. The summed E-state index contributed by atoms with van der Waals surface area (Å²) >= 11 is 0. The van der Waals surface area contributed by atoms with E-state index >= 15 is 0 Å².